The van der Waals surface area contributed by atoms with E-state index in [-0.39, 0.29) is 17.0 Å². The fourth-order valence-electron chi connectivity index (χ4n) is 0.813. The molecule has 0 bridgehead atoms. The topological polar surface area (TPSA) is 9.23 Å². The molecule has 0 radical (unpaired) electrons. The van der Waals surface area contributed by atoms with Crippen molar-refractivity contribution in [2.45, 2.75) is 0 Å². The Kier molecular flexibility index (Phi) is 5.90. The van der Waals surface area contributed by atoms with E-state index >= 15 is 0 Å². The molecule has 1 aromatic rings. The number of rotatable bonds is 2. The minimum atomic E-state index is -1.57. The first kappa shape index (κ1) is 11.2. The van der Waals surface area contributed by atoms with Crippen molar-refractivity contribution >= 4 is 41.6 Å². The smallest absolute Gasteiger partial charge is 0.499 e. The van der Waals surface area contributed by atoms with E-state index in [0.29, 0.717) is 5.75 Å². The highest BCUT2D eigenvalue weighted by atomic mass is 79.9. The fraction of sp³-hybridized carbons (Fsp3) is 0.143. The molecule has 58 valence electrons. The molecule has 0 saturated heterocycles. The number of ether oxygens (including phenoxy) is 1. The minimum Gasteiger partial charge on any atom is -0.499 e. The van der Waals surface area contributed by atoms with Gasteiger partial charge in [-0.1, -0.05) is 21.9 Å². The number of hydrogen-bond donors (Lipinski definition) is 0. The molecule has 1 aromatic carbocycles. The predicted octanol–water partition coefficient (Wildman–Crippen LogP) is 1.49. The number of methoxy groups -OCH3 is 1. The summed E-state index contributed by atoms with van der Waals surface area (Å²) >= 11 is -1.57. The molecule has 0 saturated carbocycles. The second-order valence-electron chi connectivity index (χ2n) is 1.95. The van der Waals surface area contributed by atoms with Gasteiger partial charge in [-0.25, -0.2) is 0 Å². The molecule has 4 heteroatoms. The Morgan fingerprint density at radius 1 is 1.36 bits per heavy atom. The zero-order valence-electron chi connectivity index (χ0n) is 6.21. The lowest BCUT2D eigenvalue weighted by atomic mass is 10.3. The van der Waals surface area contributed by atoms with Crippen LogP contribution in [0.1, 0.15) is 0 Å². The molecule has 1 rings (SSSR count). The molecule has 0 spiro atoms. The zero-order valence-corrected chi connectivity index (χ0v) is 9.34. The Hall–Kier alpha value is 0.196. The van der Waals surface area contributed by atoms with Crippen molar-refractivity contribution in [3.8, 4) is 5.75 Å². The van der Waals surface area contributed by atoms with Crippen LogP contribution in [0.4, 0.5) is 2.96 Å². The Balaban J connectivity index is 0.000001000. The van der Waals surface area contributed by atoms with Gasteiger partial charge < -0.3 is 7.69 Å². The van der Waals surface area contributed by atoms with Gasteiger partial charge in [-0.3, -0.25) is 0 Å². The number of benzene rings is 1. The van der Waals surface area contributed by atoms with Gasteiger partial charge in [0.1, 0.15) is 0 Å². The van der Waals surface area contributed by atoms with Crippen molar-refractivity contribution in [3.63, 3.8) is 0 Å². The molecular weight excluding hydrogens is 223 g/mol. The van der Waals surface area contributed by atoms with E-state index in [1.807, 2.05) is 12.1 Å². The van der Waals surface area contributed by atoms with Gasteiger partial charge in [0.05, 0.1) is 12.9 Å². The fourth-order valence-corrected chi connectivity index (χ4v) is 1.43. The first-order valence-corrected chi connectivity index (χ1v) is 4.30. The maximum Gasteiger partial charge on any atom is 0.656 e. The van der Waals surface area contributed by atoms with Crippen LogP contribution in [0.2, 0.25) is 0 Å². The Labute approximate surface area is 86.2 Å². The van der Waals surface area contributed by atoms with Crippen molar-refractivity contribution in [3.05, 3.63) is 24.3 Å². The molecule has 0 fully saturated rings. The third kappa shape index (κ3) is 2.97. The summed E-state index contributed by atoms with van der Waals surface area (Å²) in [6.07, 6.45) is 0. The quantitative estimate of drug-likeness (QED) is 0.701. The molecule has 0 N–H and O–H groups in total. The average Bonchev–Trinajstić information content (AvgIpc) is 2.04. The summed E-state index contributed by atoms with van der Waals surface area (Å²) in [4.78, 5) is 0. The molecule has 0 aliphatic carbocycles. The van der Waals surface area contributed by atoms with E-state index in [9.17, 15) is 2.96 Å². The number of para-hydroxylation sites is 1. The van der Waals surface area contributed by atoms with Gasteiger partial charge >= 0.3 is 20.9 Å². The third-order valence-corrected chi connectivity index (χ3v) is 2.21. The van der Waals surface area contributed by atoms with Gasteiger partial charge in [0.2, 0.25) is 0 Å². The molecule has 0 aliphatic rings. The van der Waals surface area contributed by atoms with E-state index in [0.717, 1.165) is 3.69 Å². The maximum atomic E-state index is 12.2. The van der Waals surface area contributed by atoms with Crippen LogP contribution >= 0.6 is 17.0 Å². The lowest BCUT2D eigenvalue weighted by molar-refractivity contribution is 0.418. The summed E-state index contributed by atoms with van der Waals surface area (Å²) in [7, 11) is 1.56. The second-order valence-corrected chi connectivity index (χ2v) is 2.97. The SMILES string of the molecule is Br.COc1cccc[c]1[Mg][F]. The molecule has 0 aromatic heterocycles. The van der Waals surface area contributed by atoms with Gasteiger partial charge in [-0.05, 0) is 6.07 Å². The van der Waals surface area contributed by atoms with Crippen molar-refractivity contribution in [1.29, 1.82) is 0 Å². The highest BCUT2D eigenvalue weighted by Gasteiger charge is 2.03. The van der Waals surface area contributed by atoms with Gasteiger partial charge in [0, 0.05) is 0 Å². The highest BCUT2D eigenvalue weighted by molar-refractivity contribution is 8.93. The lowest BCUT2D eigenvalue weighted by Gasteiger charge is -2.02. The van der Waals surface area contributed by atoms with Crippen molar-refractivity contribution in [2.24, 2.45) is 0 Å². The first-order chi connectivity index (χ1) is 4.88. The van der Waals surface area contributed by atoms with Crippen LogP contribution in [0.25, 0.3) is 0 Å². The van der Waals surface area contributed by atoms with Crippen LogP contribution in [0, 0.1) is 0 Å². The molecular formula is C7H8BrFMgO. The Morgan fingerprint density at radius 2 is 2.00 bits per heavy atom. The summed E-state index contributed by atoms with van der Waals surface area (Å²) in [6, 6.07) is 7.21. The summed E-state index contributed by atoms with van der Waals surface area (Å²) < 4.78 is 17.9. The molecule has 11 heavy (non-hydrogen) atoms. The van der Waals surface area contributed by atoms with Crippen molar-refractivity contribution in [2.75, 3.05) is 7.11 Å². The van der Waals surface area contributed by atoms with Crippen LogP contribution in [0.5, 0.6) is 5.75 Å². The van der Waals surface area contributed by atoms with E-state index in [1.54, 1.807) is 19.2 Å². The van der Waals surface area contributed by atoms with Gasteiger partial charge in [-0.15, -0.1) is 17.0 Å². The van der Waals surface area contributed by atoms with E-state index in [2.05, 4.69) is 0 Å². The first-order valence-electron chi connectivity index (χ1n) is 3.06. The van der Waals surface area contributed by atoms with Crippen LogP contribution in [0.15, 0.2) is 24.3 Å². The van der Waals surface area contributed by atoms with Crippen LogP contribution in [-0.2, 0) is 0 Å². The molecule has 0 unspecified atom stereocenters. The van der Waals surface area contributed by atoms with Gasteiger partial charge in [0.15, 0.2) is 0 Å². The predicted molar refractivity (Wildman–Crippen MR) is 49.8 cm³/mol. The summed E-state index contributed by atoms with van der Waals surface area (Å²) in [6.45, 7) is 0. The summed E-state index contributed by atoms with van der Waals surface area (Å²) in [5, 5.41) is 0. The van der Waals surface area contributed by atoms with Crippen molar-refractivity contribution in [1.82, 2.24) is 0 Å². The highest BCUT2D eigenvalue weighted by Crippen LogP contribution is 2.03. The number of halogens is 2. The largest absolute Gasteiger partial charge is 0.656 e. The molecule has 0 heterocycles. The molecule has 0 aliphatic heterocycles. The van der Waals surface area contributed by atoms with Crippen LogP contribution < -0.4 is 8.43 Å². The Bertz CT molecular complexity index is 196. The normalized spacial score (nSPS) is 7.82. The minimum absolute atomic E-state index is 0. The molecule has 0 amide bonds. The monoisotopic (exact) mass is 230 g/mol. The van der Waals surface area contributed by atoms with Crippen LogP contribution in [-0.4, -0.2) is 28.0 Å². The van der Waals surface area contributed by atoms with Gasteiger partial charge in [-0.2, -0.15) is 0 Å². The molecule has 1 nitrogen and oxygen atoms in total. The summed E-state index contributed by atoms with van der Waals surface area (Å²) in [5.41, 5.74) is 0. The van der Waals surface area contributed by atoms with Crippen LogP contribution in [0.3, 0.4) is 0 Å². The van der Waals surface area contributed by atoms with Crippen molar-refractivity contribution < 1.29 is 7.69 Å². The van der Waals surface area contributed by atoms with E-state index < -0.39 is 20.9 Å². The van der Waals surface area contributed by atoms with Gasteiger partial charge in [0.25, 0.3) is 0 Å². The standard InChI is InChI=1S/C7H7O.BrH.FH.Mg/c1-8-7-5-3-2-4-6-7;;;/h2-5H,1H3;2*1H;/q;;;+1/p-1. The van der Waals surface area contributed by atoms with E-state index in [4.69, 9.17) is 4.74 Å². The van der Waals surface area contributed by atoms with E-state index in [1.165, 1.54) is 0 Å². The number of hydrogen-bond acceptors (Lipinski definition) is 1. The second kappa shape index (κ2) is 5.80. The maximum absolute atomic E-state index is 12.2. The summed E-state index contributed by atoms with van der Waals surface area (Å²) in [5.74, 6) is 0.677. The molecule has 0 atom stereocenters. The third-order valence-electron chi connectivity index (χ3n) is 1.34. The Morgan fingerprint density at radius 3 is 2.45 bits per heavy atom. The zero-order chi connectivity index (χ0) is 7.40. The lowest BCUT2D eigenvalue weighted by Crippen LogP contribution is -2.11. The average molecular weight is 231 g/mol.